The first-order chi connectivity index (χ1) is 11.2. The van der Waals surface area contributed by atoms with Crippen LogP contribution in [0.3, 0.4) is 0 Å². The van der Waals surface area contributed by atoms with E-state index in [1.165, 1.54) is 0 Å². The van der Waals surface area contributed by atoms with E-state index in [-0.39, 0.29) is 0 Å². The first kappa shape index (κ1) is 16.4. The summed E-state index contributed by atoms with van der Waals surface area (Å²) in [5.41, 5.74) is 1.45. The van der Waals surface area contributed by atoms with Crippen molar-refractivity contribution in [2.45, 2.75) is 6.42 Å². The molecular formula is C15H15Cl2N5S. The molecule has 0 aliphatic carbocycles. The van der Waals surface area contributed by atoms with E-state index in [1.807, 2.05) is 23.9 Å². The van der Waals surface area contributed by atoms with Crippen LogP contribution in [0.15, 0.2) is 30.3 Å². The van der Waals surface area contributed by atoms with E-state index in [4.69, 9.17) is 23.2 Å². The van der Waals surface area contributed by atoms with E-state index >= 15 is 0 Å². The van der Waals surface area contributed by atoms with Gasteiger partial charge in [-0.3, -0.25) is 0 Å². The summed E-state index contributed by atoms with van der Waals surface area (Å²) in [6.07, 6.45) is 3.18. The smallest absolute Gasteiger partial charge is 0.185 e. The van der Waals surface area contributed by atoms with Gasteiger partial charge < -0.3 is 5.32 Å². The van der Waals surface area contributed by atoms with E-state index in [2.05, 4.69) is 26.9 Å². The summed E-state index contributed by atoms with van der Waals surface area (Å²) in [5.74, 6) is 2.51. The average Bonchev–Trinajstić information content (AvgIpc) is 2.94. The van der Waals surface area contributed by atoms with Gasteiger partial charge in [-0.1, -0.05) is 23.2 Å². The number of fused-ring (bicyclic) bond motifs is 1. The predicted octanol–water partition coefficient (Wildman–Crippen LogP) is 4.26. The molecule has 0 saturated heterocycles. The topological polar surface area (TPSA) is 55.1 Å². The van der Waals surface area contributed by atoms with Crippen LogP contribution in [-0.4, -0.2) is 38.4 Å². The van der Waals surface area contributed by atoms with Gasteiger partial charge in [0.2, 0.25) is 0 Å². The van der Waals surface area contributed by atoms with Crippen LogP contribution >= 0.6 is 35.0 Å². The average molecular weight is 368 g/mol. The number of anilines is 1. The highest BCUT2D eigenvalue weighted by molar-refractivity contribution is 7.98. The third kappa shape index (κ3) is 3.88. The van der Waals surface area contributed by atoms with Crippen LogP contribution in [0.1, 0.15) is 6.42 Å². The molecule has 2 aromatic heterocycles. The third-order valence-electron chi connectivity index (χ3n) is 3.21. The lowest BCUT2D eigenvalue weighted by Gasteiger charge is -2.06. The number of benzene rings is 1. The van der Waals surface area contributed by atoms with Gasteiger partial charge in [0, 0.05) is 22.2 Å². The van der Waals surface area contributed by atoms with Crippen molar-refractivity contribution in [3.05, 3.63) is 40.4 Å². The second-order valence-corrected chi connectivity index (χ2v) is 6.80. The number of hydrogen-bond donors (Lipinski definition) is 1. The first-order valence-corrected chi connectivity index (χ1v) is 9.24. The molecule has 120 valence electrons. The van der Waals surface area contributed by atoms with Crippen molar-refractivity contribution in [1.29, 1.82) is 0 Å². The molecule has 0 aliphatic heterocycles. The molecule has 8 heteroatoms. The Bertz CT molecular complexity index is 800. The number of halogens is 2. The van der Waals surface area contributed by atoms with Gasteiger partial charge in [-0.2, -0.15) is 16.3 Å². The summed E-state index contributed by atoms with van der Waals surface area (Å²) in [7, 11) is 0. The Morgan fingerprint density at radius 2 is 1.91 bits per heavy atom. The lowest BCUT2D eigenvalue weighted by Crippen LogP contribution is -2.06. The van der Waals surface area contributed by atoms with Gasteiger partial charge in [0.05, 0.1) is 0 Å². The molecule has 3 rings (SSSR count). The highest BCUT2D eigenvalue weighted by atomic mass is 35.5. The predicted molar refractivity (Wildman–Crippen MR) is 97.7 cm³/mol. The number of thioether (sulfide) groups is 1. The number of nitrogens with zero attached hydrogens (tertiary/aromatic N) is 4. The molecule has 0 spiro atoms. The van der Waals surface area contributed by atoms with Crippen LogP contribution in [0.4, 0.5) is 5.82 Å². The number of nitrogens with one attached hydrogen (secondary N) is 1. The molecule has 2 heterocycles. The molecule has 3 aromatic rings. The van der Waals surface area contributed by atoms with Crippen LogP contribution in [0, 0.1) is 0 Å². The summed E-state index contributed by atoms with van der Waals surface area (Å²) in [6.45, 7) is 0.875. The lowest BCUT2D eigenvalue weighted by atomic mass is 10.2. The molecule has 0 fully saturated rings. The van der Waals surface area contributed by atoms with Crippen molar-refractivity contribution >= 4 is 46.4 Å². The number of rotatable bonds is 6. The summed E-state index contributed by atoms with van der Waals surface area (Å²) < 4.78 is 1.69. The molecule has 0 radical (unpaired) electrons. The summed E-state index contributed by atoms with van der Waals surface area (Å²) in [6, 6.07) is 9.06. The van der Waals surface area contributed by atoms with Crippen LogP contribution in [0.5, 0.6) is 0 Å². The van der Waals surface area contributed by atoms with Crippen LogP contribution < -0.4 is 5.32 Å². The minimum Gasteiger partial charge on any atom is -0.369 e. The van der Waals surface area contributed by atoms with E-state index in [0.29, 0.717) is 21.5 Å². The van der Waals surface area contributed by atoms with Crippen molar-refractivity contribution in [2.75, 3.05) is 23.9 Å². The Morgan fingerprint density at radius 3 is 2.65 bits per heavy atom. The van der Waals surface area contributed by atoms with Gasteiger partial charge in [-0.05, 0) is 48.8 Å². The van der Waals surface area contributed by atoms with Gasteiger partial charge in [0.15, 0.2) is 11.5 Å². The number of aromatic nitrogens is 4. The van der Waals surface area contributed by atoms with Gasteiger partial charge in [0.25, 0.3) is 0 Å². The maximum absolute atomic E-state index is 6.07. The molecule has 1 N–H and O–H groups in total. The van der Waals surface area contributed by atoms with E-state index in [1.54, 1.807) is 22.7 Å². The fourth-order valence-electron chi connectivity index (χ4n) is 2.18. The van der Waals surface area contributed by atoms with Gasteiger partial charge in [0.1, 0.15) is 5.82 Å². The Kier molecular flexibility index (Phi) is 5.25. The van der Waals surface area contributed by atoms with Crippen LogP contribution in [0.25, 0.3) is 17.0 Å². The fourth-order valence-corrected chi connectivity index (χ4v) is 3.14. The minimum atomic E-state index is 0.551. The second kappa shape index (κ2) is 7.38. The summed E-state index contributed by atoms with van der Waals surface area (Å²) in [5, 5.41) is 17.3. The normalized spacial score (nSPS) is 11.1. The zero-order valence-electron chi connectivity index (χ0n) is 12.5. The maximum atomic E-state index is 6.07. The second-order valence-electron chi connectivity index (χ2n) is 4.94. The Balaban J connectivity index is 1.92. The monoisotopic (exact) mass is 367 g/mol. The fraction of sp³-hybridized carbons (Fsp3) is 0.267. The molecule has 23 heavy (non-hydrogen) atoms. The van der Waals surface area contributed by atoms with Crippen molar-refractivity contribution in [2.24, 2.45) is 0 Å². The van der Waals surface area contributed by atoms with Crippen LogP contribution in [-0.2, 0) is 0 Å². The van der Waals surface area contributed by atoms with Crippen molar-refractivity contribution in [3.8, 4) is 11.4 Å². The standard InChI is InChI=1S/C15H15Cl2N5S/c1-23-6-2-5-18-13-3-4-14-19-20-15(22(14)21-13)10-7-11(16)9-12(17)8-10/h3-4,7-9H,2,5-6H2,1H3,(H,18,21). The minimum absolute atomic E-state index is 0.551. The zero-order chi connectivity index (χ0) is 16.2. The van der Waals surface area contributed by atoms with E-state index in [0.717, 1.165) is 30.1 Å². The van der Waals surface area contributed by atoms with Crippen molar-refractivity contribution in [1.82, 2.24) is 19.8 Å². The zero-order valence-corrected chi connectivity index (χ0v) is 14.8. The van der Waals surface area contributed by atoms with Crippen LogP contribution in [0.2, 0.25) is 10.0 Å². The molecule has 0 amide bonds. The van der Waals surface area contributed by atoms with Crippen molar-refractivity contribution < 1.29 is 0 Å². The van der Waals surface area contributed by atoms with Gasteiger partial charge >= 0.3 is 0 Å². The summed E-state index contributed by atoms with van der Waals surface area (Å²) in [4.78, 5) is 0. The molecule has 0 aliphatic rings. The lowest BCUT2D eigenvalue weighted by molar-refractivity contribution is 0.910. The largest absolute Gasteiger partial charge is 0.369 e. The van der Waals surface area contributed by atoms with Gasteiger partial charge in [-0.15, -0.1) is 15.3 Å². The molecule has 0 atom stereocenters. The first-order valence-electron chi connectivity index (χ1n) is 7.09. The SMILES string of the molecule is CSCCCNc1ccc2nnc(-c3cc(Cl)cc(Cl)c3)n2n1. The highest BCUT2D eigenvalue weighted by Crippen LogP contribution is 2.26. The Labute approximate surface area is 148 Å². The van der Waals surface area contributed by atoms with Crippen molar-refractivity contribution in [3.63, 3.8) is 0 Å². The number of hydrogen-bond acceptors (Lipinski definition) is 5. The maximum Gasteiger partial charge on any atom is 0.185 e. The Morgan fingerprint density at radius 1 is 1.13 bits per heavy atom. The molecule has 1 aromatic carbocycles. The van der Waals surface area contributed by atoms with Gasteiger partial charge in [-0.25, -0.2) is 0 Å². The molecule has 0 bridgehead atoms. The molecule has 0 unspecified atom stereocenters. The molecule has 0 saturated carbocycles. The van der Waals surface area contributed by atoms with E-state index < -0.39 is 0 Å². The Hall–Kier alpha value is -1.50. The summed E-state index contributed by atoms with van der Waals surface area (Å²) >= 11 is 14.0. The molecular weight excluding hydrogens is 353 g/mol. The molecule has 5 nitrogen and oxygen atoms in total. The third-order valence-corrected chi connectivity index (χ3v) is 4.35. The highest BCUT2D eigenvalue weighted by Gasteiger charge is 2.11. The van der Waals surface area contributed by atoms with E-state index in [9.17, 15) is 0 Å². The quantitative estimate of drug-likeness (QED) is 0.659.